The Balaban J connectivity index is 1.95. The van der Waals surface area contributed by atoms with Crippen molar-refractivity contribution in [3.63, 3.8) is 0 Å². The lowest BCUT2D eigenvalue weighted by Gasteiger charge is -1.98. The van der Waals surface area contributed by atoms with Gasteiger partial charge in [-0.15, -0.1) is 0 Å². The van der Waals surface area contributed by atoms with Crippen molar-refractivity contribution in [3.8, 4) is 0 Å². The quantitative estimate of drug-likeness (QED) is 0.627. The number of halogens is 2. The molecule has 104 valence electrons. The van der Waals surface area contributed by atoms with Crippen LogP contribution in [0.2, 0.25) is 0 Å². The molecule has 0 aromatic heterocycles. The van der Waals surface area contributed by atoms with Gasteiger partial charge in [-0.3, -0.25) is 0 Å². The normalized spacial score (nSPS) is 16.0. The van der Waals surface area contributed by atoms with Crippen LogP contribution in [0.25, 0.3) is 6.08 Å². The van der Waals surface area contributed by atoms with E-state index in [9.17, 15) is 13.6 Å². The maximum absolute atomic E-state index is 13.2. The van der Waals surface area contributed by atoms with Crippen LogP contribution in [0, 0.1) is 11.6 Å². The number of hydrogen-bond acceptors (Lipinski definition) is 3. The van der Waals surface area contributed by atoms with Crippen molar-refractivity contribution >= 4 is 17.9 Å². The Morgan fingerprint density at radius 3 is 2.43 bits per heavy atom. The fraction of sp³-hybridized carbons (Fsp3) is 0. The zero-order valence-corrected chi connectivity index (χ0v) is 10.7. The van der Waals surface area contributed by atoms with Crippen molar-refractivity contribution in [1.82, 2.24) is 0 Å². The minimum absolute atomic E-state index is 0.0298. The van der Waals surface area contributed by atoms with E-state index >= 15 is 0 Å². The van der Waals surface area contributed by atoms with Crippen LogP contribution in [0.15, 0.2) is 59.2 Å². The van der Waals surface area contributed by atoms with Gasteiger partial charge < -0.3 is 4.74 Å². The molecule has 0 bridgehead atoms. The zero-order chi connectivity index (χ0) is 14.8. The van der Waals surface area contributed by atoms with Crippen molar-refractivity contribution in [2.45, 2.75) is 0 Å². The number of hydrogen-bond donors (Lipinski definition) is 0. The third-order valence-corrected chi connectivity index (χ3v) is 2.84. The first-order chi connectivity index (χ1) is 10.1. The molecule has 3 rings (SSSR count). The van der Waals surface area contributed by atoms with Gasteiger partial charge in [0.25, 0.3) is 0 Å². The van der Waals surface area contributed by atoms with Crippen LogP contribution in [-0.4, -0.2) is 11.9 Å². The minimum Gasteiger partial charge on any atom is -0.402 e. The number of esters is 1. The van der Waals surface area contributed by atoms with Gasteiger partial charge in [0.15, 0.2) is 5.70 Å². The highest BCUT2D eigenvalue weighted by Gasteiger charge is 2.24. The predicted molar refractivity (Wildman–Crippen MR) is 73.4 cm³/mol. The van der Waals surface area contributed by atoms with Gasteiger partial charge in [0.2, 0.25) is 5.90 Å². The Bertz CT molecular complexity index is 781. The van der Waals surface area contributed by atoms with E-state index in [-0.39, 0.29) is 11.6 Å². The Morgan fingerprint density at radius 1 is 1.00 bits per heavy atom. The van der Waals surface area contributed by atoms with Gasteiger partial charge in [-0.25, -0.2) is 18.6 Å². The molecule has 0 aliphatic carbocycles. The van der Waals surface area contributed by atoms with Crippen LogP contribution >= 0.6 is 0 Å². The Hall–Kier alpha value is -2.82. The zero-order valence-electron chi connectivity index (χ0n) is 10.7. The highest BCUT2D eigenvalue weighted by molar-refractivity contribution is 6.12. The largest absolute Gasteiger partial charge is 0.402 e. The molecule has 1 aliphatic heterocycles. The van der Waals surface area contributed by atoms with Crippen LogP contribution in [-0.2, 0) is 9.53 Å². The summed E-state index contributed by atoms with van der Waals surface area (Å²) in [6.07, 6.45) is 1.41. The lowest BCUT2D eigenvalue weighted by Crippen LogP contribution is -2.05. The van der Waals surface area contributed by atoms with Gasteiger partial charge >= 0.3 is 5.97 Å². The Kier molecular flexibility index (Phi) is 3.31. The van der Waals surface area contributed by atoms with E-state index in [4.69, 9.17) is 4.74 Å². The summed E-state index contributed by atoms with van der Waals surface area (Å²) in [7, 11) is 0. The summed E-state index contributed by atoms with van der Waals surface area (Å²) in [4.78, 5) is 15.8. The lowest BCUT2D eigenvalue weighted by atomic mass is 10.2. The molecule has 5 heteroatoms. The number of benzene rings is 2. The van der Waals surface area contributed by atoms with Crippen molar-refractivity contribution in [2.24, 2.45) is 4.99 Å². The molecule has 21 heavy (non-hydrogen) atoms. The molecule has 0 atom stereocenters. The summed E-state index contributed by atoms with van der Waals surface area (Å²) in [6.45, 7) is 0. The van der Waals surface area contributed by atoms with Crippen LogP contribution < -0.4 is 0 Å². The van der Waals surface area contributed by atoms with Gasteiger partial charge in [0, 0.05) is 5.56 Å². The van der Waals surface area contributed by atoms with Crippen molar-refractivity contribution < 1.29 is 18.3 Å². The van der Waals surface area contributed by atoms with E-state index in [0.29, 0.717) is 11.1 Å². The fourth-order valence-corrected chi connectivity index (χ4v) is 1.91. The fourth-order valence-electron chi connectivity index (χ4n) is 1.91. The van der Waals surface area contributed by atoms with E-state index < -0.39 is 17.6 Å². The Labute approximate surface area is 119 Å². The number of rotatable bonds is 2. The first-order valence-electron chi connectivity index (χ1n) is 6.16. The van der Waals surface area contributed by atoms with E-state index in [1.54, 1.807) is 12.1 Å². The number of ether oxygens (including phenoxy) is 1. The van der Waals surface area contributed by atoms with Crippen LogP contribution in [0.3, 0.4) is 0 Å². The van der Waals surface area contributed by atoms with Gasteiger partial charge in [-0.1, -0.05) is 18.2 Å². The predicted octanol–water partition coefficient (Wildman–Crippen LogP) is 3.31. The molecular formula is C16H9F2NO2. The topological polar surface area (TPSA) is 38.7 Å². The molecule has 0 radical (unpaired) electrons. The molecule has 0 amide bonds. The van der Waals surface area contributed by atoms with Crippen molar-refractivity contribution in [1.29, 1.82) is 0 Å². The lowest BCUT2D eigenvalue weighted by molar-refractivity contribution is -0.129. The average molecular weight is 285 g/mol. The molecule has 0 unspecified atom stereocenters. The molecule has 1 heterocycles. The van der Waals surface area contributed by atoms with E-state index in [2.05, 4.69) is 4.99 Å². The minimum atomic E-state index is -0.654. The summed E-state index contributed by atoms with van der Waals surface area (Å²) in [5, 5.41) is 0. The number of aliphatic imine (C=N–C) groups is 1. The van der Waals surface area contributed by atoms with Gasteiger partial charge in [0.05, 0.1) is 0 Å². The molecule has 0 spiro atoms. The van der Waals surface area contributed by atoms with Crippen LogP contribution in [0.5, 0.6) is 0 Å². The number of carbonyl (C=O) groups excluding carboxylic acids is 1. The van der Waals surface area contributed by atoms with E-state index in [1.807, 2.05) is 0 Å². The van der Waals surface area contributed by atoms with Gasteiger partial charge in [-0.05, 0) is 42.0 Å². The van der Waals surface area contributed by atoms with Crippen molar-refractivity contribution in [2.75, 3.05) is 0 Å². The van der Waals surface area contributed by atoms with E-state index in [1.165, 1.54) is 42.5 Å². The summed E-state index contributed by atoms with van der Waals surface area (Å²) in [5.41, 5.74) is 0.900. The van der Waals surface area contributed by atoms with Gasteiger partial charge in [-0.2, -0.15) is 0 Å². The molecule has 0 fully saturated rings. The second-order valence-electron chi connectivity index (χ2n) is 4.40. The molecule has 3 nitrogen and oxygen atoms in total. The highest BCUT2D eigenvalue weighted by atomic mass is 19.1. The third-order valence-electron chi connectivity index (χ3n) is 2.84. The number of cyclic esters (lactones) is 1. The molecular weight excluding hydrogens is 276 g/mol. The summed E-state index contributed by atoms with van der Waals surface area (Å²) in [5.74, 6) is -1.49. The molecule has 2 aromatic rings. The van der Waals surface area contributed by atoms with Crippen LogP contribution in [0.1, 0.15) is 11.1 Å². The smallest absolute Gasteiger partial charge is 0.363 e. The molecule has 0 N–H and O–H groups in total. The summed E-state index contributed by atoms with van der Waals surface area (Å²) >= 11 is 0. The highest BCUT2D eigenvalue weighted by Crippen LogP contribution is 2.19. The average Bonchev–Trinajstić information content (AvgIpc) is 2.80. The third kappa shape index (κ3) is 2.86. The summed E-state index contributed by atoms with van der Waals surface area (Å²) in [6, 6.07) is 11.3. The number of carbonyl (C=O) groups is 1. The second kappa shape index (κ2) is 5.28. The molecule has 1 aliphatic rings. The number of nitrogens with zero attached hydrogens (tertiary/aromatic N) is 1. The molecule has 2 aromatic carbocycles. The van der Waals surface area contributed by atoms with Crippen molar-refractivity contribution in [3.05, 3.63) is 77.0 Å². The maximum atomic E-state index is 13.2. The second-order valence-corrected chi connectivity index (χ2v) is 4.40. The SMILES string of the molecule is O=C1OC(c2cccc(F)c2)=NC1=Cc1cccc(F)c1. The molecule has 0 saturated heterocycles. The van der Waals surface area contributed by atoms with Crippen LogP contribution in [0.4, 0.5) is 8.78 Å². The maximum Gasteiger partial charge on any atom is 0.363 e. The Morgan fingerprint density at radius 2 is 1.71 bits per heavy atom. The standard InChI is InChI=1S/C16H9F2NO2/c17-12-5-1-3-10(7-12)8-14-16(20)21-15(19-14)11-4-2-6-13(18)9-11/h1-9H. The first-order valence-corrected chi connectivity index (χ1v) is 6.16. The molecule has 0 saturated carbocycles. The first kappa shape index (κ1) is 13.2. The monoisotopic (exact) mass is 285 g/mol. The van der Waals surface area contributed by atoms with E-state index in [0.717, 1.165) is 0 Å². The summed E-state index contributed by atoms with van der Waals surface area (Å²) < 4.78 is 31.3. The van der Waals surface area contributed by atoms with Gasteiger partial charge in [0.1, 0.15) is 11.6 Å².